The number of carbonyl (C=O) groups excluding carboxylic acids is 4. The summed E-state index contributed by atoms with van der Waals surface area (Å²) in [6, 6.07) is 19.4. The van der Waals surface area contributed by atoms with E-state index in [-0.39, 0.29) is 41.2 Å². The average Bonchev–Trinajstić information content (AvgIpc) is 3.75. The second kappa shape index (κ2) is 14.4. The number of nitrogens with zero attached hydrogens (tertiary/aromatic N) is 3. The molecule has 0 spiro atoms. The molecule has 7 rings (SSSR count). The number of ether oxygens (including phenoxy) is 1. The third-order valence-electron chi connectivity index (χ3n) is 9.60. The van der Waals surface area contributed by atoms with Gasteiger partial charge in [0.15, 0.2) is 5.65 Å². The zero-order chi connectivity index (χ0) is 37.4. The Bertz CT molecular complexity index is 2280. The molecule has 53 heavy (non-hydrogen) atoms. The van der Waals surface area contributed by atoms with Gasteiger partial charge in [-0.3, -0.25) is 14.4 Å². The summed E-state index contributed by atoms with van der Waals surface area (Å²) in [5.41, 5.74) is 5.31. The largest absolute Gasteiger partial charge is 0.456 e. The fourth-order valence-corrected chi connectivity index (χ4v) is 7.21. The highest BCUT2D eigenvalue weighted by Crippen LogP contribution is 2.35. The van der Waals surface area contributed by atoms with Crippen molar-refractivity contribution in [2.45, 2.75) is 64.6 Å². The van der Waals surface area contributed by atoms with Gasteiger partial charge < -0.3 is 26.0 Å². The lowest BCUT2D eigenvalue weighted by Gasteiger charge is -2.27. The third-order valence-corrected chi connectivity index (χ3v) is 9.93. The van der Waals surface area contributed by atoms with E-state index >= 15 is 0 Å². The average molecular weight is 734 g/mol. The quantitative estimate of drug-likeness (QED) is 0.143. The minimum atomic E-state index is -0.634. The zero-order valence-electron chi connectivity index (χ0n) is 29.9. The molecular formula is C40H40ClN7O5. The van der Waals surface area contributed by atoms with Crippen LogP contribution in [0.15, 0.2) is 72.9 Å². The van der Waals surface area contributed by atoms with Crippen LogP contribution in [0.4, 0.5) is 5.69 Å². The van der Waals surface area contributed by atoms with Crippen molar-refractivity contribution in [3.05, 3.63) is 128 Å². The molecule has 2 atom stereocenters. The number of fused-ring (bicyclic) bond motifs is 3. The van der Waals surface area contributed by atoms with Gasteiger partial charge >= 0.3 is 5.97 Å². The highest BCUT2D eigenvalue weighted by Gasteiger charge is 2.31. The van der Waals surface area contributed by atoms with Gasteiger partial charge in [0.25, 0.3) is 17.7 Å². The van der Waals surface area contributed by atoms with Crippen molar-refractivity contribution in [3.8, 4) is 0 Å². The first-order valence-corrected chi connectivity index (χ1v) is 18.0. The number of hydrogen-bond donors (Lipinski definition) is 4. The number of hydrogen-bond acceptors (Lipinski definition) is 8. The normalized spacial score (nSPS) is 16.4. The van der Waals surface area contributed by atoms with E-state index in [0.29, 0.717) is 29.1 Å². The van der Waals surface area contributed by atoms with Crippen molar-refractivity contribution in [1.82, 2.24) is 30.5 Å². The third kappa shape index (κ3) is 7.37. The topological polar surface area (TPSA) is 156 Å². The summed E-state index contributed by atoms with van der Waals surface area (Å²) in [5, 5.41) is 17.0. The molecule has 13 heteroatoms. The van der Waals surface area contributed by atoms with Crippen LogP contribution in [0.2, 0.25) is 5.02 Å². The summed E-state index contributed by atoms with van der Waals surface area (Å²) in [6.45, 7) is 8.42. The lowest BCUT2D eigenvalue weighted by Crippen LogP contribution is -2.39. The Morgan fingerprint density at radius 3 is 2.51 bits per heavy atom. The molecule has 1 aliphatic heterocycles. The number of amides is 3. The number of halogens is 1. The molecule has 0 fully saturated rings. The van der Waals surface area contributed by atoms with E-state index in [1.54, 1.807) is 30.3 Å². The smallest absolute Gasteiger partial charge is 0.338 e. The van der Waals surface area contributed by atoms with Crippen LogP contribution in [-0.2, 0) is 17.6 Å². The molecule has 0 saturated heterocycles. The lowest BCUT2D eigenvalue weighted by molar-refractivity contribution is 0.00682. The van der Waals surface area contributed by atoms with Crippen LogP contribution in [0.5, 0.6) is 0 Å². The number of esters is 1. The predicted octanol–water partition coefficient (Wildman–Crippen LogP) is 5.93. The first kappa shape index (κ1) is 35.8. The molecular weight excluding hydrogens is 694 g/mol. The number of para-hydroxylation sites is 1. The fraction of sp³-hybridized carbons (Fsp3) is 0.300. The Hall–Kier alpha value is -5.59. The van der Waals surface area contributed by atoms with Gasteiger partial charge in [-0.05, 0) is 99.5 Å². The van der Waals surface area contributed by atoms with Crippen molar-refractivity contribution in [2.75, 3.05) is 18.4 Å². The van der Waals surface area contributed by atoms with Crippen molar-refractivity contribution in [2.24, 2.45) is 0 Å². The number of carbonyl (C=O) groups is 4. The van der Waals surface area contributed by atoms with E-state index in [1.807, 2.05) is 52.0 Å². The molecule has 0 bridgehead atoms. The second-order valence-electron chi connectivity index (χ2n) is 14.3. The van der Waals surface area contributed by atoms with Gasteiger partial charge in [0, 0.05) is 18.7 Å². The summed E-state index contributed by atoms with van der Waals surface area (Å²) in [5.74, 6) is -1.98. The van der Waals surface area contributed by atoms with Gasteiger partial charge in [0.1, 0.15) is 22.6 Å². The van der Waals surface area contributed by atoms with Gasteiger partial charge in [-0.2, -0.15) is 5.10 Å². The van der Waals surface area contributed by atoms with E-state index in [9.17, 15) is 19.2 Å². The number of aromatic nitrogens is 3. The maximum Gasteiger partial charge on any atom is 0.338 e. The van der Waals surface area contributed by atoms with Gasteiger partial charge in [0.05, 0.1) is 28.5 Å². The van der Waals surface area contributed by atoms with Crippen LogP contribution >= 0.6 is 11.6 Å². The Morgan fingerprint density at radius 1 is 0.943 bits per heavy atom. The van der Waals surface area contributed by atoms with Crippen LogP contribution < -0.4 is 21.3 Å². The van der Waals surface area contributed by atoms with Crippen LogP contribution in [0.3, 0.4) is 0 Å². The van der Waals surface area contributed by atoms with Crippen molar-refractivity contribution in [1.29, 1.82) is 0 Å². The standard InChI is InChI=1S/C40H40ClN7O5/c1-22-24-15-16-30(27(24)14-13-25(22)39(52)53-40(2,3)4)46-38(51)34-19-32(37(50)43-21-33-26-10-6-5-9-23(26)17-18-42-33)45-35-28(20-44-48(34)35)36(49)47-31-12-8-7-11-29(31)41/h5-14,19-20,30,33,42H,15-18,21H2,1-4H3,(H,43,50)(H,46,51)(H,47,49)/t30-,33?/m0/s1. The molecule has 3 amide bonds. The summed E-state index contributed by atoms with van der Waals surface area (Å²) >= 11 is 6.30. The summed E-state index contributed by atoms with van der Waals surface area (Å²) in [4.78, 5) is 58.9. The fourth-order valence-electron chi connectivity index (χ4n) is 7.03. The Kier molecular flexibility index (Phi) is 9.75. The van der Waals surface area contributed by atoms with Crippen LogP contribution in [-0.4, -0.2) is 57.0 Å². The molecule has 5 aromatic rings. The lowest BCUT2D eigenvalue weighted by atomic mass is 9.94. The van der Waals surface area contributed by atoms with Crippen LogP contribution in [0, 0.1) is 6.92 Å². The summed E-state index contributed by atoms with van der Waals surface area (Å²) in [6.07, 6.45) is 3.45. The number of anilines is 1. The number of benzene rings is 3. The highest BCUT2D eigenvalue weighted by atomic mass is 35.5. The van der Waals surface area contributed by atoms with Crippen LogP contribution in [0.25, 0.3) is 5.65 Å². The van der Waals surface area contributed by atoms with Gasteiger partial charge in [0.2, 0.25) is 0 Å². The predicted molar refractivity (Wildman–Crippen MR) is 200 cm³/mol. The maximum atomic E-state index is 14.1. The number of nitrogens with one attached hydrogen (secondary N) is 4. The van der Waals surface area contributed by atoms with Crippen LogP contribution in [0.1, 0.15) is 109 Å². The molecule has 2 aromatic heterocycles. The van der Waals surface area contributed by atoms with Gasteiger partial charge in [-0.15, -0.1) is 0 Å². The molecule has 272 valence electrons. The van der Waals surface area contributed by atoms with E-state index in [2.05, 4.69) is 37.4 Å². The van der Waals surface area contributed by atoms with E-state index in [4.69, 9.17) is 16.3 Å². The zero-order valence-corrected chi connectivity index (χ0v) is 30.6. The molecule has 2 aliphatic rings. The van der Waals surface area contributed by atoms with E-state index < -0.39 is 29.3 Å². The highest BCUT2D eigenvalue weighted by molar-refractivity contribution is 6.34. The Labute approximate surface area is 311 Å². The van der Waals surface area contributed by atoms with E-state index in [0.717, 1.165) is 35.2 Å². The monoisotopic (exact) mass is 733 g/mol. The summed E-state index contributed by atoms with van der Waals surface area (Å²) < 4.78 is 6.88. The Balaban J connectivity index is 1.19. The molecule has 1 aliphatic carbocycles. The minimum Gasteiger partial charge on any atom is -0.456 e. The summed E-state index contributed by atoms with van der Waals surface area (Å²) in [7, 11) is 0. The van der Waals surface area contributed by atoms with Crippen molar-refractivity contribution < 1.29 is 23.9 Å². The molecule has 4 N–H and O–H groups in total. The first-order chi connectivity index (χ1) is 25.4. The first-order valence-electron chi connectivity index (χ1n) is 17.6. The van der Waals surface area contributed by atoms with Crippen molar-refractivity contribution >= 4 is 46.6 Å². The van der Waals surface area contributed by atoms with Gasteiger partial charge in [-0.1, -0.05) is 54.1 Å². The van der Waals surface area contributed by atoms with E-state index in [1.165, 1.54) is 22.3 Å². The minimum absolute atomic E-state index is 0.0219. The molecule has 0 radical (unpaired) electrons. The Morgan fingerprint density at radius 2 is 1.72 bits per heavy atom. The van der Waals surface area contributed by atoms with Crippen molar-refractivity contribution in [3.63, 3.8) is 0 Å². The second-order valence-corrected chi connectivity index (χ2v) is 14.7. The maximum absolute atomic E-state index is 14.1. The SMILES string of the molecule is Cc1c(C(=O)OC(C)(C)C)ccc2c1CC[C@@H]2NC(=O)c1cc(C(=O)NCC2NCCc3ccccc32)nc2c(C(=O)Nc3ccccc3Cl)cnn12. The number of rotatable bonds is 8. The molecule has 1 unspecified atom stereocenters. The molecule has 12 nitrogen and oxygen atoms in total. The van der Waals surface area contributed by atoms with Gasteiger partial charge in [-0.25, -0.2) is 14.3 Å². The molecule has 3 aromatic carbocycles. The molecule has 3 heterocycles. The molecule has 0 saturated carbocycles.